The first kappa shape index (κ1) is 22.4. The van der Waals surface area contributed by atoms with Crippen LogP contribution in [-0.2, 0) is 16.2 Å². The summed E-state index contributed by atoms with van der Waals surface area (Å²) in [6, 6.07) is 4.63. The lowest BCUT2D eigenvalue weighted by atomic mass is 10.1. The first-order valence-corrected chi connectivity index (χ1v) is 10.3. The number of nitrogens with zero attached hydrogens (tertiary/aromatic N) is 2. The second kappa shape index (κ2) is 8.12. The monoisotopic (exact) mass is 468 g/mol. The highest BCUT2D eigenvalue weighted by Crippen LogP contribution is 2.36. The van der Waals surface area contributed by atoms with Gasteiger partial charge in [0, 0.05) is 37.8 Å². The van der Waals surface area contributed by atoms with Crippen LogP contribution in [0.2, 0.25) is 5.02 Å². The van der Waals surface area contributed by atoms with E-state index in [4.69, 9.17) is 11.6 Å². The number of alkyl halides is 3. The highest BCUT2D eigenvalue weighted by molar-refractivity contribution is 7.89. The summed E-state index contributed by atoms with van der Waals surface area (Å²) in [5.41, 5.74) is -1.50. The first-order chi connectivity index (χ1) is 13.9. The van der Waals surface area contributed by atoms with Crippen molar-refractivity contribution >= 4 is 27.5 Å². The fraction of sp³-hybridized carbons (Fsp3) is 0.278. The van der Waals surface area contributed by atoms with Gasteiger partial charge >= 0.3 is 6.18 Å². The third-order valence-corrected chi connectivity index (χ3v) is 6.74. The summed E-state index contributed by atoms with van der Waals surface area (Å²) in [6.07, 6.45) is -4.83. The lowest BCUT2D eigenvalue weighted by Gasteiger charge is -2.34. The Hall–Kier alpha value is -2.24. The van der Waals surface area contributed by atoms with Crippen molar-refractivity contribution in [3.63, 3.8) is 0 Å². The molecule has 30 heavy (non-hydrogen) atoms. The Morgan fingerprint density at radius 3 is 2.03 bits per heavy atom. The Balaban J connectivity index is 1.76. The summed E-state index contributed by atoms with van der Waals surface area (Å²) < 4.78 is 92.1. The van der Waals surface area contributed by atoms with Gasteiger partial charge in [-0.1, -0.05) is 11.6 Å². The van der Waals surface area contributed by atoms with Crippen molar-refractivity contribution in [2.24, 2.45) is 0 Å². The lowest BCUT2D eigenvalue weighted by molar-refractivity contribution is -0.137. The molecule has 1 amide bonds. The standard InChI is InChI=1S/C18H14ClF5N2O3S/c19-16-2-1-14(10-15(16)18(22,23)24)30(28,29)26-5-3-25(4-6-26)17(27)11-7-12(20)9-13(21)8-11/h1-2,7-10H,3-6H2. The molecule has 1 saturated heterocycles. The average molecular weight is 469 g/mol. The van der Waals surface area contributed by atoms with Crippen molar-refractivity contribution in [3.8, 4) is 0 Å². The minimum absolute atomic E-state index is 0.101. The number of amides is 1. The van der Waals surface area contributed by atoms with Crippen LogP contribution in [0.3, 0.4) is 0 Å². The maximum atomic E-state index is 13.3. The van der Waals surface area contributed by atoms with Crippen molar-refractivity contribution in [3.05, 3.63) is 64.2 Å². The molecule has 12 heteroatoms. The number of benzene rings is 2. The number of carbonyl (C=O) groups excluding carboxylic acids is 1. The Morgan fingerprint density at radius 1 is 0.933 bits per heavy atom. The molecule has 0 radical (unpaired) electrons. The summed E-state index contributed by atoms with van der Waals surface area (Å²) in [6.45, 7) is -0.600. The molecule has 1 heterocycles. The maximum absolute atomic E-state index is 13.3. The zero-order valence-electron chi connectivity index (χ0n) is 15.1. The minimum Gasteiger partial charge on any atom is -0.336 e. The summed E-state index contributed by atoms with van der Waals surface area (Å²) in [7, 11) is -4.27. The minimum atomic E-state index is -4.83. The Morgan fingerprint density at radius 2 is 1.50 bits per heavy atom. The third-order valence-electron chi connectivity index (χ3n) is 4.52. The molecule has 3 rings (SSSR count). The van der Waals surface area contributed by atoms with Crippen LogP contribution in [-0.4, -0.2) is 49.7 Å². The normalized spacial score (nSPS) is 16.0. The largest absolute Gasteiger partial charge is 0.417 e. The Kier molecular flexibility index (Phi) is 6.08. The molecular formula is C18H14ClF5N2O3S. The van der Waals surface area contributed by atoms with E-state index in [0.29, 0.717) is 12.1 Å². The molecule has 0 aliphatic carbocycles. The second-order valence-electron chi connectivity index (χ2n) is 6.49. The number of carbonyl (C=O) groups is 1. The molecule has 162 valence electrons. The van der Waals surface area contributed by atoms with Crippen LogP contribution < -0.4 is 0 Å². The van der Waals surface area contributed by atoms with E-state index in [-0.39, 0.29) is 31.7 Å². The van der Waals surface area contributed by atoms with Crippen molar-refractivity contribution in [1.82, 2.24) is 9.21 Å². The molecule has 0 bridgehead atoms. The van der Waals surface area contributed by atoms with E-state index in [0.717, 1.165) is 28.6 Å². The van der Waals surface area contributed by atoms with Crippen LogP contribution in [0.1, 0.15) is 15.9 Å². The van der Waals surface area contributed by atoms with Gasteiger partial charge in [0.25, 0.3) is 5.91 Å². The van der Waals surface area contributed by atoms with Gasteiger partial charge in [-0.3, -0.25) is 4.79 Å². The van der Waals surface area contributed by atoms with Gasteiger partial charge in [0.05, 0.1) is 15.5 Å². The van der Waals surface area contributed by atoms with Gasteiger partial charge in [0.2, 0.25) is 10.0 Å². The lowest BCUT2D eigenvalue weighted by Crippen LogP contribution is -2.50. The molecule has 2 aromatic rings. The second-order valence-corrected chi connectivity index (χ2v) is 8.84. The number of hydrogen-bond acceptors (Lipinski definition) is 3. The fourth-order valence-electron chi connectivity index (χ4n) is 3.02. The number of rotatable bonds is 3. The zero-order valence-corrected chi connectivity index (χ0v) is 16.7. The van der Waals surface area contributed by atoms with Gasteiger partial charge in [0.1, 0.15) is 11.6 Å². The molecule has 5 nitrogen and oxygen atoms in total. The maximum Gasteiger partial charge on any atom is 0.417 e. The summed E-state index contributed by atoms with van der Waals surface area (Å²) >= 11 is 5.53. The van der Waals surface area contributed by atoms with E-state index < -0.39 is 49.2 Å². The highest BCUT2D eigenvalue weighted by Gasteiger charge is 2.36. The van der Waals surface area contributed by atoms with Crippen LogP contribution in [0.4, 0.5) is 22.0 Å². The third kappa shape index (κ3) is 4.57. The van der Waals surface area contributed by atoms with Gasteiger partial charge < -0.3 is 4.90 Å². The SMILES string of the molecule is O=C(c1cc(F)cc(F)c1)N1CCN(S(=O)(=O)c2ccc(Cl)c(C(F)(F)F)c2)CC1. The molecule has 1 fully saturated rings. The number of halogens is 6. The number of hydrogen-bond donors (Lipinski definition) is 0. The van der Waals surface area contributed by atoms with Gasteiger partial charge in [-0.2, -0.15) is 17.5 Å². The van der Waals surface area contributed by atoms with Crippen molar-refractivity contribution in [2.45, 2.75) is 11.1 Å². The average Bonchev–Trinajstić information content (AvgIpc) is 2.66. The summed E-state index contributed by atoms with van der Waals surface area (Å²) in [4.78, 5) is 13.0. The van der Waals surface area contributed by atoms with E-state index in [1.165, 1.54) is 4.90 Å². The molecule has 0 N–H and O–H groups in total. The highest BCUT2D eigenvalue weighted by atomic mass is 35.5. The number of piperazine rings is 1. The molecule has 1 aliphatic heterocycles. The molecule has 0 saturated carbocycles. The Bertz CT molecular complexity index is 1060. The fourth-order valence-corrected chi connectivity index (χ4v) is 4.70. The molecular weight excluding hydrogens is 455 g/mol. The number of sulfonamides is 1. The predicted octanol–water partition coefficient (Wildman–Crippen LogP) is 3.78. The zero-order chi connectivity index (χ0) is 22.3. The predicted molar refractivity (Wildman–Crippen MR) is 97.5 cm³/mol. The van der Waals surface area contributed by atoms with E-state index in [9.17, 15) is 35.2 Å². The topological polar surface area (TPSA) is 57.7 Å². The van der Waals surface area contributed by atoms with Crippen LogP contribution >= 0.6 is 11.6 Å². The van der Waals surface area contributed by atoms with E-state index in [2.05, 4.69) is 0 Å². The van der Waals surface area contributed by atoms with Crippen LogP contribution in [0, 0.1) is 11.6 Å². The van der Waals surface area contributed by atoms with Gasteiger partial charge in [-0.25, -0.2) is 17.2 Å². The van der Waals surface area contributed by atoms with Crippen LogP contribution in [0.25, 0.3) is 0 Å². The quantitative estimate of drug-likeness (QED) is 0.644. The van der Waals surface area contributed by atoms with E-state index in [1.54, 1.807) is 0 Å². The molecule has 0 spiro atoms. The van der Waals surface area contributed by atoms with Crippen molar-refractivity contribution < 1.29 is 35.2 Å². The van der Waals surface area contributed by atoms with Gasteiger partial charge in [-0.15, -0.1) is 0 Å². The van der Waals surface area contributed by atoms with Gasteiger partial charge in [-0.05, 0) is 30.3 Å². The first-order valence-electron chi connectivity index (χ1n) is 8.52. The van der Waals surface area contributed by atoms with Crippen molar-refractivity contribution in [1.29, 1.82) is 0 Å². The van der Waals surface area contributed by atoms with Crippen LogP contribution in [0.5, 0.6) is 0 Å². The molecule has 2 aromatic carbocycles. The van der Waals surface area contributed by atoms with Gasteiger partial charge in [0.15, 0.2) is 0 Å². The van der Waals surface area contributed by atoms with E-state index in [1.807, 2.05) is 0 Å². The molecule has 0 atom stereocenters. The molecule has 1 aliphatic rings. The Labute approximate surface area is 173 Å². The van der Waals surface area contributed by atoms with Crippen molar-refractivity contribution in [2.75, 3.05) is 26.2 Å². The van der Waals surface area contributed by atoms with E-state index >= 15 is 0 Å². The molecule has 0 unspecified atom stereocenters. The smallest absolute Gasteiger partial charge is 0.336 e. The molecule has 0 aromatic heterocycles. The summed E-state index contributed by atoms with van der Waals surface area (Å²) in [5.74, 6) is -2.54. The summed E-state index contributed by atoms with van der Waals surface area (Å²) in [5, 5.41) is -0.626. The van der Waals surface area contributed by atoms with Crippen LogP contribution in [0.15, 0.2) is 41.3 Å².